The fourth-order valence-corrected chi connectivity index (χ4v) is 3.27. The van der Waals surface area contributed by atoms with E-state index in [0.29, 0.717) is 11.3 Å². The lowest BCUT2D eigenvalue weighted by molar-refractivity contribution is 0.0945. The second-order valence-corrected chi connectivity index (χ2v) is 6.72. The highest BCUT2D eigenvalue weighted by atomic mass is 79.9. The van der Waals surface area contributed by atoms with Gasteiger partial charge in [-0.1, -0.05) is 21.1 Å². The summed E-state index contributed by atoms with van der Waals surface area (Å²) >= 11 is 3.35. The number of nitrogens with one attached hydrogen (secondary N) is 2. The Morgan fingerprint density at radius 3 is 2.96 bits per heavy atom. The van der Waals surface area contributed by atoms with Crippen LogP contribution in [-0.4, -0.2) is 34.0 Å². The van der Waals surface area contributed by atoms with Crippen molar-refractivity contribution in [3.8, 4) is 0 Å². The third kappa shape index (κ3) is 3.64. The van der Waals surface area contributed by atoms with Crippen LogP contribution in [-0.2, 0) is 6.54 Å². The van der Waals surface area contributed by atoms with Crippen molar-refractivity contribution in [2.75, 3.05) is 13.1 Å². The number of carbonyl (C=O) groups excluding carboxylic acids is 1. The van der Waals surface area contributed by atoms with E-state index in [1.165, 1.54) is 12.1 Å². The molecule has 0 radical (unpaired) electrons. The van der Waals surface area contributed by atoms with Crippen molar-refractivity contribution >= 4 is 21.8 Å². The average Bonchev–Trinajstić information content (AvgIpc) is 2.98. The van der Waals surface area contributed by atoms with Gasteiger partial charge in [-0.05, 0) is 56.6 Å². The van der Waals surface area contributed by atoms with Crippen molar-refractivity contribution in [2.24, 2.45) is 0 Å². The summed E-state index contributed by atoms with van der Waals surface area (Å²) < 4.78 is 15.9. The monoisotopic (exact) mass is 395 g/mol. The fourth-order valence-electron chi connectivity index (χ4n) is 2.89. The maximum absolute atomic E-state index is 13.3. The molecule has 3 rings (SSSR count). The van der Waals surface area contributed by atoms with Gasteiger partial charge in [0, 0.05) is 11.0 Å². The molecule has 1 aliphatic rings. The number of aromatic nitrogens is 3. The maximum Gasteiger partial charge on any atom is 0.274 e. The number of amides is 1. The minimum atomic E-state index is -0.338. The van der Waals surface area contributed by atoms with E-state index >= 15 is 0 Å². The summed E-state index contributed by atoms with van der Waals surface area (Å²) in [6.45, 7) is 3.96. The molecule has 2 heterocycles. The molecule has 128 valence electrons. The van der Waals surface area contributed by atoms with Gasteiger partial charge in [-0.2, -0.15) is 0 Å². The van der Waals surface area contributed by atoms with Gasteiger partial charge in [-0.25, -0.2) is 9.07 Å². The van der Waals surface area contributed by atoms with Gasteiger partial charge in [0.05, 0.1) is 11.7 Å². The molecule has 1 aromatic heterocycles. The van der Waals surface area contributed by atoms with E-state index in [4.69, 9.17) is 0 Å². The Kier molecular flexibility index (Phi) is 5.25. The number of nitrogens with zero attached hydrogens (tertiary/aromatic N) is 3. The average molecular weight is 396 g/mol. The zero-order valence-corrected chi connectivity index (χ0v) is 14.9. The van der Waals surface area contributed by atoms with Crippen molar-refractivity contribution in [2.45, 2.75) is 32.4 Å². The first kappa shape index (κ1) is 17.0. The van der Waals surface area contributed by atoms with Gasteiger partial charge >= 0.3 is 0 Å². The molecule has 1 aromatic carbocycles. The summed E-state index contributed by atoms with van der Waals surface area (Å²) in [6.07, 6.45) is 1.95. The summed E-state index contributed by atoms with van der Waals surface area (Å²) in [7, 11) is 0. The van der Waals surface area contributed by atoms with E-state index in [-0.39, 0.29) is 24.3 Å². The standard InChI is InChI=1S/C16H19BrFN5O/c1-10-15(21-22-23(10)13-4-6-19-7-5-13)16(24)20-9-11-8-12(18)2-3-14(11)17/h2-3,8,13,19H,4-7,9H2,1H3,(H,20,24). The topological polar surface area (TPSA) is 71.8 Å². The minimum absolute atomic E-state index is 0.219. The predicted molar refractivity (Wildman–Crippen MR) is 91.2 cm³/mol. The maximum atomic E-state index is 13.3. The van der Waals surface area contributed by atoms with Crippen LogP contribution in [0.5, 0.6) is 0 Å². The van der Waals surface area contributed by atoms with E-state index < -0.39 is 0 Å². The molecule has 0 bridgehead atoms. The van der Waals surface area contributed by atoms with Crippen LogP contribution < -0.4 is 10.6 Å². The molecular weight excluding hydrogens is 377 g/mol. The van der Waals surface area contributed by atoms with Gasteiger partial charge in [0.25, 0.3) is 5.91 Å². The van der Waals surface area contributed by atoms with Gasteiger partial charge < -0.3 is 10.6 Å². The van der Waals surface area contributed by atoms with Crippen molar-refractivity contribution < 1.29 is 9.18 Å². The molecule has 1 amide bonds. The predicted octanol–water partition coefficient (Wildman–Crippen LogP) is 2.34. The molecule has 0 spiro atoms. The largest absolute Gasteiger partial charge is 0.346 e. The molecule has 2 aromatic rings. The number of halogens is 2. The number of hydrogen-bond donors (Lipinski definition) is 2. The normalized spacial score (nSPS) is 15.5. The van der Waals surface area contributed by atoms with Crippen LogP contribution in [0.15, 0.2) is 22.7 Å². The molecule has 0 aliphatic carbocycles. The number of piperidine rings is 1. The lowest BCUT2D eigenvalue weighted by Crippen LogP contribution is -2.30. The summed E-state index contributed by atoms with van der Waals surface area (Å²) in [6, 6.07) is 4.65. The third-order valence-electron chi connectivity index (χ3n) is 4.24. The molecule has 1 aliphatic heterocycles. The van der Waals surface area contributed by atoms with Crippen molar-refractivity contribution in [1.29, 1.82) is 0 Å². The van der Waals surface area contributed by atoms with Gasteiger partial charge in [0.15, 0.2) is 5.69 Å². The Morgan fingerprint density at radius 1 is 1.46 bits per heavy atom. The Bertz CT molecular complexity index is 742. The molecule has 1 saturated heterocycles. The summed E-state index contributed by atoms with van der Waals surface area (Å²) in [5.74, 6) is -0.640. The van der Waals surface area contributed by atoms with Gasteiger partial charge in [-0.3, -0.25) is 4.79 Å². The molecule has 0 atom stereocenters. The SMILES string of the molecule is Cc1c(C(=O)NCc2cc(F)ccc2Br)nnn1C1CCNCC1. The van der Waals surface area contributed by atoms with Crippen LogP contribution in [0.25, 0.3) is 0 Å². The Morgan fingerprint density at radius 2 is 2.21 bits per heavy atom. The number of carbonyl (C=O) groups is 1. The van der Waals surface area contributed by atoms with Gasteiger partial charge in [0.1, 0.15) is 5.82 Å². The van der Waals surface area contributed by atoms with E-state index in [1.807, 2.05) is 11.6 Å². The number of hydrogen-bond acceptors (Lipinski definition) is 4. The highest BCUT2D eigenvalue weighted by Gasteiger charge is 2.22. The molecule has 6 nitrogen and oxygen atoms in total. The third-order valence-corrected chi connectivity index (χ3v) is 5.02. The van der Waals surface area contributed by atoms with Crippen LogP contribution in [0.4, 0.5) is 4.39 Å². The molecule has 0 saturated carbocycles. The summed E-state index contributed by atoms with van der Waals surface area (Å²) in [5.41, 5.74) is 1.76. The number of benzene rings is 1. The Hall–Kier alpha value is -1.80. The number of rotatable bonds is 4. The first-order valence-corrected chi connectivity index (χ1v) is 8.70. The molecule has 24 heavy (non-hydrogen) atoms. The van der Waals surface area contributed by atoms with Gasteiger partial charge in [-0.15, -0.1) is 5.10 Å². The molecular formula is C16H19BrFN5O. The highest BCUT2D eigenvalue weighted by Crippen LogP contribution is 2.21. The quantitative estimate of drug-likeness (QED) is 0.833. The molecule has 1 fully saturated rings. The van der Waals surface area contributed by atoms with Crippen molar-refractivity contribution in [3.63, 3.8) is 0 Å². The zero-order chi connectivity index (χ0) is 17.1. The molecule has 2 N–H and O–H groups in total. The lowest BCUT2D eigenvalue weighted by Gasteiger charge is -2.23. The van der Waals surface area contributed by atoms with E-state index in [1.54, 1.807) is 6.07 Å². The van der Waals surface area contributed by atoms with Gasteiger partial charge in [0.2, 0.25) is 0 Å². The van der Waals surface area contributed by atoms with Crippen LogP contribution in [0.1, 0.15) is 40.6 Å². The summed E-state index contributed by atoms with van der Waals surface area (Å²) in [5, 5.41) is 14.3. The van der Waals surface area contributed by atoms with Crippen molar-refractivity contribution in [1.82, 2.24) is 25.6 Å². The van der Waals surface area contributed by atoms with Crippen LogP contribution >= 0.6 is 15.9 Å². The Labute approximate surface area is 147 Å². The van der Waals surface area contributed by atoms with E-state index in [9.17, 15) is 9.18 Å². The van der Waals surface area contributed by atoms with Crippen molar-refractivity contribution in [3.05, 3.63) is 45.4 Å². The van der Waals surface area contributed by atoms with Crippen LogP contribution in [0, 0.1) is 12.7 Å². The Balaban J connectivity index is 1.69. The lowest BCUT2D eigenvalue weighted by atomic mass is 10.1. The minimum Gasteiger partial charge on any atom is -0.346 e. The first-order chi connectivity index (χ1) is 11.6. The molecule has 0 unspecified atom stereocenters. The smallest absolute Gasteiger partial charge is 0.274 e. The zero-order valence-electron chi connectivity index (χ0n) is 13.4. The van der Waals surface area contributed by atoms with E-state index in [2.05, 4.69) is 36.9 Å². The second-order valence-electron chi connectivity index (χ2n) is 5.87. The summed E-state index contributed by atoms with van der Waals surface area (Å²) in [4.78, 5) is 12.4. The second kappa shape index (κ2) is 7.40. The molecule has 8 heteroatoms. The van der Waals surface area contributed by atoms with Crippen LogP contribution in [0.2, 0.25) is 0 Å². The van der Waals surface area contributed by atoms with Crippen LogP contribution in [0.3, 0.4) is 0 Å². The fraction of sp³-hybridized carbons (Fsp3) is 0.438. The van der Waals surface area contributed by atoms with E-state index in [0.717, 1.165) is 36.1 Å². The first-order valence-electron chi connectivity index (χ1n) is 7.91. The highest BCUT2D eigenvalue weighted by molar-refractivity contribution is 9.10.